The Kier molecular flexibility index (Phi) is 3.85. The average Bonchev–Trinajstić information content (AvgIpc) is 3.16. The molecule has 4 heteroatoms. The number of amides is 1. The van der Waals surface area contributed by atoms with Gasteiger partial charge in [0.05, 0.1) is 12.2 Å². The summed E-state index contributed by atoms with van der Waals surface area (Å²) in [6, 6.07) is 2.39. The van der Waals surface area contributed by atoms with Crippen molar-refractivity contribution in [1.82, 2.24) is 9.78 Å². The summed E-state index contributed by atoms with van der Waals surface area (Å²) in [4.78, 5) is 11.9. The van der Waals surface area contributed by atoms with Crippen LogP contribution in [-0.2, 0) is 4.79 Å². The summed E-state index contributed by atoms with van der Waals surface area (Å²) in [6.45, 7) is 0. The van der Waals surface area contributed by atoms with Crippen molar-refractivity contribution < 1.29 is 4.79 Å². The molecule has 2 aliphatic carbocycles. The molecule has 104 valence electrons. The van der Waals surface area contributed by atoms with E-state index in [1.165, 1.54) is 44.9 Å². The Morgan fingerprint density at radius 2 is 2.05 bits per heavy atom. The van der Waals surface area contributed by atoms with Crippen molar-refractivity contribution in [3.63, 3.8) is 0 Å². The summed E-state index contributed by atoms with van der Waals surface area (Å²) in [7, 11) is 0. The molecule has 0 atom stereocenters. The zero-order valence-corrected chi connectivity index (χ0v) is 11.5. The second kappa shape index (κ2) is 5.76. The summed E-state index contributed by atoms with van der Waals surface area (Å²) < 4.78 is 2.02. The van der Waals surface area contributed by atoms with Crippen molar-refractivity contribution in [2.24, 2.45) is 5.92 Å². The van der Waals surface area contributed by atoms with Crippen molar-refractivity contribution in [3.05, 3.63) is 12.3 Å². The van der Waals surface area contributed by atoms with Crippen LogP contribution >= 0.6 is 0 Å². The van der Waals surface area contributed by atoms with Gasteiger partial charge in [0.2, 0.25) is 5.91 Å². The van der Waals surface area contributed by atoms with Crippen molar-refractivity contribution in [3.8, 4) is 0 Å². The number of nitrogens with zero attached hydrogens (tertiary/aromatic N) is 2. The second-order valence-electron chi connectivity index (χ2n) is 5.98. The lowest BCUT2D eigenvalue weighted by atomic mass is 9.96. The smallest absolute Gasteiger partial charge is 0.225 e. The maximum Gasteiger partial charge on any atom is 0.225 e. The van der Waals surface area contributed by atoms with Crippen LogP contribution < -0.4 is 5.32 Å². The molecule has 2 saturated carbocycles. The van der Waals surface area contributed by atoms with E-state index in [2.05, 4.69) is 10.4 Å². The van der Waals surface area contributed by atoms with Gasteiger partial charge in [0.1, 0.15) is 5.82 Å². The zero-order valence-electron chi connectivity index (χ0n) is 11.5. The van der Waals surface area contributed by atoms with Gasteiger partial charge in [0, 0.05) is 12.5 Å². The first kappa shape index (κ1) is 12.7. The highest BCUT2D eigenvalue weighted by Gasteiger charge is 2.23. The molecule has 0 aliphatic heterocycles. The third kappa shape index (κ3) is 3.37. The number of hydrogen-bond donors (Lipinski definition) is 1. The van der Waals surface area contributed by atoms with Gasteiger partial charge in [-0.05, 0) is 25.2 Å². The molecule has 0 spiro atoms. The standard InChI is InChI=1S/C15H23N3O/c19-15(9-8-12-6-7-12)17-14-10-11-16-18(14)13-4-2-1-3-5-13/h10-13H,1-9H2,(H,17,19). The summed E-state index contributed by atoms with van der Waals surface area (Å²) in [5.41, 5.74) is 0. The number of rotatable bonds is 5. The van der Waals surface area contributed by atoms with E-state index in [1.54, 1.807) is 6.20 Å². The fraction of sp³-hybridized carbons (Fsp3) is 0.733. The van der Waals surface area contributed by atoms with E-state index in [0.717, 1.165) is 18.2 Å². The largest absolute Gasteiger partial charge is 0.311 e. The van der Waals surface area contributed by atoms with Gasteiger partial charge in [-0.15, -0.1) is 0 Å². The average molecular weight is 261 g/mol. The highest BCUT2D eigenvalue weighted by Crippen LogP contribution is 2.33. The number of hydrogen-bond acceptors (Lipinski definition) is 2. The van der Waals surface area contributed by atoms with E-state index in [9.17, 15) is 4.79 Å². The monoisotopic (exact) mass is 261 g/mol. The number of carbonyl (C=O) groups is 1. The van der Waals surface area contributed by atoms with E-state index < -0.39 is 0 Å². The number of aromatic nitrogens is 2. The first-order chi connectivity index (χ1) is 9.33. The number of anilines is 1. The van der Waals surface area contributed by atoms with Crippen molar-refractivity contribution in [2.45, 2.75) is 63.8 Å². The van der Waals surface area contributed by atoms with E-state index in [-0.39, 0.29) is 5.91 Å². The number of nitrogens with one attached hydrogen (secondary N) is 1. The molecule has 1 N–H and O–H groups in total. The van der Waals surface area contributed by atoms with Gasteiger partial charge in [0.15, 0.2) is 0 Å². The van der Waals surface area contributed by atoms with Crippen LogP contribution in [0.3, 0.4) is 0 Å². The van der Waals surface area contributed by atoms with Gasteiger partial charge in [0.25, 0.3) is 0 Å². The Hall–Kier alpha value is -1.32. The maximum absolute atomic E-state index is 11.9. The van der Waals surface area contributed by atoms with Crippen LogP contribution in [0.25, 0.3) is 0 Å². The Morgan fingerprint density at radius 1 is 1.26 bits per heavy atom. The predicted molar refractivity (Wildman–Crippen MR) is 74.9 cm³/mol. The van der Waals surface area contributed by atoms with Crippen LogP contribution in [0.15, 0.2) is 12.3 Å². The molecule has 0 bridgehead atoms. The van der Waals surface area contributed by atoms with Crippen LogP contribution in [0, 0.1) is 5.92 Å². The lowest BCUT2D eigenvalue weighted by Crippen LogP contribution is -2.20. The molecule has 0 radical (unpaired) electrons. The predicted octanol–water partition coefficient (Wildman–Crippen LogP) is 3.52. The Bertz CT molecular complexity index is 430. The third-order valence-corrected chi connectivity index (χ3v) is 4.33. The minimum Gasteiger partial charge on any atom is -0.311 e. The molecule has 0 saturated heterocycles. The van der Waals surface area contributed by atoms with E-state index in [4.69, 9.17) is 0 Å². The molecule has 1 aromatic heterocycles. The topological polar surface area (TPSA) is 46.9 Å². The van der Waals surface area contributed by atoms with Gasteiger partial charge in [-0.1, -0.05) is 32.1 Å². The minimum absolute atomic E-state index is 0.143. The summed E-state index contributed by atoms with van der Waals surface area (Å²) in [6.07, 6.45) is 12.4. The Balaban J connectivity index is 1.57. The second-order valence-corrected chi connectivity index (χ2v) is 5.98. The molecule has 2 fully saturated rings. The number of carbonyl (C=O) groups excluding carboxylic acids is 1. The third-order valence-electron chi connectivity index (χ3n) is 4.33. The fourth-order valence-corrected chi connectivity index (χ4v) is 2.98. The molecular weight excluding hydrogens is 238 g/mol. The summed E-state index contributed by atoms with van der Waals surface area (Å²) in [5.74, 6) is 1.84. The fourth-order valence-electron chi connectivity index (χ4n) is 2.98. The zero-order chi connectivity index (χ0) is 13.1. The quantitative estimate of drug-likeness (QED) is 0.881. The van der Waals surface area contributed by atoms with Crippen LogP contribution in [0.1, 0.15) is 63.8 Å². The first-order valence-corrected chi connectivity index (χ1v) is 7.66. The first-order valence-electron chi connectivity index (χ1n) is 7.66. The van der Waals surface area contributed by atoms with Gasteiger partial charge < -0.3 is 5.32 Å². The summed E-state index contributed by atoms with van der Waals surface area (Å²) >= 11 is 0. The van der Waals surface area contributed by atoms with E-state index in [0.29, 0.717) is 12.5 Å². The molecular formula is C15H23N3O. The molecule has 0 unspecified atom stereocenters. The molecule has 4 nitrogen and oxygen atoms in total. The SMILES string of the molecule is O=C(CCC1CC1)Nc1ccnn1C1CCCCC1. The van der Waals surface area contributed by atoms with Crippen molar-refractivity contribution in [1.29, 1.82) is 0 Å². The Labute approximate surface area is 114 Å². The maximum atomic E-state index is 11.9. The lowest BCUT2D eigenvalue weighted by Gasteiger charge is -2.23. The van der Waals surface area contributed by atoms with Crippen LogP contribution in [0.2, 0.25) is 0 Å². The van der Waals surface area contributed by atoms with Crippen LogP contribution in [-0.4, -0.2) is 15.7 Å². The molecule has 2 aliphatic rings. The van der Waals surface area contributed by atoms with Gasteiger partial charge in [-0.2, -0.15) is 5.10 Å². The molecule has 3 rings (SSSR count). The molecule has 0 aromatic carbocycles. The molecule has 1 aromatic rings. The molecule has 1 amide bonds. The lowest BCUT2D eigenvalue weighted by molar-refractivity contribution is -0.116. The van der Waals surface area contributed by atoms with Gasteiger partial charge in [-0.25, -0.2) is 4.68 Å². The minimum atomic E-state index is 0.143. The highest BCUT2D eigenvalue weighted by molar-refractivity contribution is 5.89. The van der Waals surface area contributed by atoms with Gasteiger partial charge >= 0.3 is 0 Å². The molecule has 1 heterocycles. The molecule has 19 heavy (non-hydrogen) atoms. The Morgan fingerprint density at radius 3 is 2.79 bits per heavy atom. The summed E-state index contributed by atoms with van der Waals surface area (Å²) in [5, 5.41) is 7.43. The van der Waals surface area contributed by atoms with Crippen LogP contribution in [0.5, 0.6) is 0 Å². The van der Waals surface area contributed by atoms with Crippen molar-refractivity contribution in [2.75, 3.05) is 5.32 Å². The van der Waals surface area contributed by atoms with Gasteiger partial charge in [-0.3, -0.25) is 4.79 Å². The highest BCUT2D eigenvalue weighted by atomic mass is 16.1. The van der Waals surface area contributed by atoms with E-state index in [1.807, 2.05) is 10.7 Å². The normalized spacial score (nSPS) is 20.4. The van der Waals surface area contributed by atoms with Crippen molar-refractivity contribution >= 4 is 11.7 Å². The van der Waals surface area contributed by atoms with Crippen LogP contribution in [0.4, 0.5) is 5.82 Å². The van der Waals surface area contributed by atoms with E-state index >= 15 is 0 Å².